The van der Waals surface area contributed by atoms with Gasteiger partial charge in [-0.05, 0) is 36.1 Å². The van der Waals surface area contributed by atoms with E-state index in [4.69, 9.17) is 14.7 Å². The number of carbonyl (C=O) groups is 3. The number of carbonyl (C=O) groups excluding carboxylic acids is 3. The molecule has 0 saturated carbocycles. The third kappa shape index (κ3) is 9.87. The van der Waals surface area contributed by atoms with Crippen LogP contribution in [0.1, 0.15) is 42.4 Å². The van der Waals surface area contributed by atoms with Crippen LogP contribution in [0.4, 0.5) is 4.79 Å². The number of benzene rings is 2. The third-order valence-electron chi connectivity index (χ3n) is 4.91. The average molecular weight is 452 g/mol. The molecule has 1 atom stereocenters. The summed E-state index contributed by atoms with van der Waals surface area (Å²) >= 11 is 0. The van der Waals surface area contributed by atoms with Gasteiger partial charge < -0.3 is 20.1 Å². The van der Waals surface area contributed by atoms with Crippen molar-refractivity contribution in [2.75, 3.05) is 13.7 Å². The molecule has 174 valence electrons. The number of unbranched alkanes of at least 4 members (excludes halogenated alkanes) is 2. The van der Waals surface area contributed by atoms with Crippen LogP contribution in [0.3, 0.4) is 0 Å². The second-order valence-corrected chi connectivity index (χ2v) is 7.46. The van der Waals surface area contributed by atoms with Crippen LogP contribution in [0.2, 0.25) is 0 Å². The number of ether oxygens (including phenoxy) is 2. The van der Waals surface area contributed by atoms with Crippen LogP contribution in [0.15, 0.2) is 54.6 Å². The largest absolute Gasteiger partial charge is 0.467 e. The van der Waals surface area contributed by atoms with Crippen LogP contribution in [0, 0.1) is 11.3 Å². The molecule has 0 aliphatic carbocycles. The fraction of sp³-hybridized carbons (Fsp3) is 0.360. The first-order chi connectivity index (χ1) is 16.0. The number of nitriles is 1. The van der Waals surface area contributed by atoms with Gasteiger partial charge >= 0.3 is 12.1 Å². The molecule has 0 aliphatic heterocycles. The van der Waals surface area contributed by atoms with E-state index in [9.17, 15) is 14.4 Å². The Morgan fingerprint density at radius 3 is 2.36 bits per heavy atom. The molecule has 0 aromatic heterocycles. The molecule has 8 nitrogen and oxygen atoms in total. The molecular weight excluding hydrogens is 422 g/mol. The van der Waals surface area contributed by atoms with Gasteiger partial charge in [0.1, 0.15) is 12.6 Å². The highest BCUT2D eigenvalue weighted by Crippen LogP contribution is 2.08. The number of hydrogen-bond donors (Lipinski definition) is 2. The number of hydrogen-bond acceptors (Lipinski definition) is 6. The quantitative estimate of drug-likeness (QED) is 0.378. The van der Waals surface area contributed by atoms with Crippen LogP contribution >= 0.6 is 0 Å². The first-order valence-electron chi connectivity index (χ1n) is 10.8. The molecule has 0 bridgehead atoms. The Balaban J connectivity index is 1.63. The molecule has 0 fully saturated rings. The Morgan fingerprint density at radius 2 is 1.70 bits per heavy atom. The van der Waals surface area contributed by atoms with E-state index in [1.54, 1.807) is 24.3 Å². The molecule has 0 heterocycles. The lowest BCUT2D eigenvalue weighted by Gasteiger charge is -2.16. The molecule has 2 aromatic carbocycles. The lowest BCUT2D eigenvalue weighted by molar-refractivity contribution is -0.145. The zero-order valence-electron chi connectivity index (χ0n) is 18.7. The number of esters is 1. The number of amides is 2. The topological polar surface area (TPSA) is 118 Å². The Labute approximate surface area is 193 Å². The van der Waals surface area contributed by atoms with E-state index in [-0.39, 0.29) is 25.4 Å². The normalized spacial score (nSPS) is 11.0. The van der Waals surface area contributed by atoms with Gasteiger partial charge in [0, 0.05) is 19.4 Å². The minimum atomic E-state index is -0.795. The van der Waals surface area contributed by atoms with Crippen molar-refractivity contribution >= 4 is 18.0 Å². The Bertz CT molecular complexity index is 939. The van der Waals surface area contributed by atoms with E-state index < -0.39 is 18.1 Å². The van der Waals surface area contributed by atoms with Crippen molar-refractivity contribution < 1.29 is 23.9 Å². The van der Waals surface area contributed by atoms with E-state index in [0.29, 0.717) is 24.9 Å². The summed E-state index contributed by atoms with van der Waals surface area (Å²) in [4.78, 5) is 36.0. The SMILES string of the molecule is COC(=O)[C@@H](Cc1ccc(C#N)cc1)NC(=O)CCCCCNC(=O)OCc1ccccc1. The molecule has 8 heteroatoms. The predicted molar refractivity (Wildman–Crippen MR) is 122 cm³/mol. The van der Waals surface area contributed by atoms with Gasteiger partial charge in [0.05, 0.1) is 18.7 Å². The highest BCUT2D eigenvalue weighted by Gasteiger charge is 2.21. The highest BCUT2D eigenvalue weighted by atomic mass is 16.5. The zero-order chi connectivity index (χ0) is 23.9. The van der Waals surface area contributed by atoms with Gasteiger partial charge in [-0.2, -0.15) is 5.26 Å². The summed E-state index contributed by atoms with van der Waals surface area (Å²) in [5.41, 5.74) is 2.26. The average Bonchev–Trinajstić information content (AvgIpc) is 2.85. The van der Waals surface area contributed by atoms with Crippen molar-refractivity contribution in [3.05, 3.63) is 71.3 Å². The Kier molecular flexibility index (Phi) is 11.0. The van der Waals surface area contributed by atoms with Gasteiger partial charge in [-0.3, -0.25) is 4.79 Å². The van der Waals surface area contributed by atoms with Crippen molar-refractivity contribution in [3.8, 4) is 6.07 Å². The van der Waals surface area contributed by atoms with E-state index >= 15 is 0 Å². The van der Waals surface area contributed by atoms with Crippen LogP contribution in [0.25, 0.3) is 0 Å². The number of nitrogens with one attached hydrogen (secondary N) is 2. The van der Waals surface area contributed by atoms with Gasteiger partial charge in [0.2, 0.25) is 5.91 Å². The molecule has 0 spiro atoms. The number of rotatable bonds is 12. The van der Waals surface area contributed by atoms with Crippen LogP contribution < -0.4 is 10.6 Å². The van der Waals surface area contributed by atoms with Crippen LogP contribution in [0.5, 0.6) is 0 Å². The highest BCUT2D eigenvalue weighted by molar-refractivity contribution is 5.84. The zero-order valence-corrected chi connectivity index (χ0v) is 18.7. The number of alkyl carbamates (subject to hydrolysis) is 1. The summed E-state index contributed by atoms with van der Waals surface area (Å²) < 4.78 is 9.94. The van der Waals surface area contributed by atoms with E-state index in [0.717, 1.165) is 17.5 Å². The summed E-state index contributed by atoms with van der Waals surface area (Å²) in [6.45, 7) is 0.676. The van der Waals surface area contributed by atoms with Gasteiger partial charge in [-0.15, -0.1) is 0 Å². The number of nitrogens with zero attached hydrogens (tertiary/aromatic N) is 1. The molecule has 0 unspecified atom stereocenters. The minimum absolute atomic E-state index is 0.219. The molecule has 0 saturated heterocycles. The van der Waals surface area contributed by atoms with Crippen molar-refractivity contribution in [1.29, 1.82) is 5.26 Å². The Morgan fingerprint density at radius 1 is 0.970 bits per heavy atom. The molecule has 33 heavy (non-hydrogen) atoms. The lowest BCUT2D eigenvalue weighted by Crippen LogP contribution is -2.43. The van der Waals surface area contributed by atoms with Gasteiger partial charge in [0.25, 0.3) is 0 Å². The van der Waals surface area contributed by atoms with Crippen molar-refractivity contribution in [2.45, 2.75) is 44.8 Å². The fourth-order valence-electron chi connectivity index (χ4n) is 3.11. The van der Waals surface area contributed by atoms with Crippen molar-refractivity contribution in [1.82, 2.24) is 10.6 Å². The molecule has 2 amide bonds. The van der Waals surface area contributed by atoms with Gasteiger partial charge in [-0.25, -0.2) is 9.59 Å². The van der Waals surface area contributed by atoms with Crippen LogP contribution in [-0.2, 0) is 32.1 Å². The molecule has 0 radical (unpaired) electrons. The smallest absolute Gasteiger partial charge is 0.407 e. The summed E-state index contributed by atoms with van der Waals surface area (Å²) in [5, 5.41) is 14.3. The van der Waals surface area contributed by atoms with Crippen LogP contribution in [-0.4, -0.2) is 37.7 Å². The second-order valence-electron chi connectivity index (χ2n) is 7.46. The second kappa shape index (κ2) is 14.2. The summed E-state index contributed by atoms with van der Waals surface area (Å²) in [5.74, 6) is -0.764. The molecule has 2 N–H and O–H groups in total. The first-order valence-corrected chi connectivity index (χ1v) is 10.8. The van der Waals surface area contributed by atoms with Gasteiger partial charge in [0.15, 0.2) is 0 Å². The van der Waals surface area contributed by atoms with Gasteiger partial charge in [-0.1, -0.05) is 48.9 Å². The summed E-state index contributed by atoms with van der Waals surface area (Å²) in [6, 6.07) is 17.5. The standard InChI is InChI=1S/C25H29N3O5/c1-32-24(30)22(16-19-11-13-20(17-26)14-12-19)28-23(29)10-6-3-7-15-27-25(31)33-18-21-8-4-2-5-9-21/h2,4-5,8-9,11-14,22H,3,6-7,10,15-16,18H2,1H3,(H,27,31)(H,28,29)/t22-/m1/s1. The van der Waals surface area contributed by atoms with Crippen molar-refractivity contribution in [2.24, 2.45) is 0 Å². The molecule has 2 rings (SSSR count). The van der Waals surface area contributed by atoms with E-state index in [1.165, 1.54) is 7.11 Å². The maximum Gasteiger partial charge on any atom is 0.407 e. The molecule has 2 aromatic rings. The third-order valence-corrected chi connectivity index (χ3v) is 4.91. The maximum absolute atomic E-state index is 12.3. The predicted octanol–water partition coefficient (Wildman–Crippen LogP) is 3.25. The molecular formula is C25H29N3O5. The summed E-state index contributed by atoms with van der Waals surface area (Å²) in [7, 11) is 1.28. The number of methoxy groups -OCH3 is 1. The lowest BCUT2D eigenvalue weighted by atomic mass is 10.0. The minimum Gasteiger partial charge on any atom is -0.467 e. The molecule has 0 aliphatic rings. The van der Waals surface area contributed by atoms with E-state index in [1.807, 2.05) is 36.4 Å². The Hall–Kier alpha value is -3.86. The van der Waals surface area contributed by atoms with E-state index in [2.05, 4.69) is 10.6 Å². The monoisotopic (exact) mass is 451 g/mol. The first kappa shape index (κ1) is 25.4. The van der Waals surface area contributed by atoms with Crippen molar-refractivity contribution in [3.63, 3.8) is 0 Å². The fourth-order valence-corrected chi connectivity index (χ4v) is 3.11. The summed E-state index contributed by atoms with van der Waals surface area (Å²) in [6.07, 6.45) is 2.14. The maximum atomic E-state index is 12.3.